The lowest BCUT2D eigenvalue weighted by Crippen LogP contribution is -2.57. The molecule has 1 saturated carbocycles. The molecule has 102 valence electrons. The molecule has 0 saturated heterocycles. The standard InChI is InChI=1S/C16H17N3O/c1-16(2)13(8-14(16)20)19-15-11(9-17)7-10-5-3-4-6-12(10)18-15/h3-7,13-14,20H,8H2,1-2H3,(H,18,19). The van der Waals surface area contributed by atoms with E-state index < -0.39 is 0 Å². The van der Waals surface area contributed by atoms with E-state index in [1.165, 1.54) is 0 Å². The maximum absolute atomic E-state index is 9.80. The fourth-order valence-electron chi connectivity index (χ4n) is 2.62. The number of anilines is 1. The lowest BCUT2D eigenvalue weighted by atomic mass is 9.64. The zero-order valence-corrected chi connectivity index (χ0v) is 11.6. The van der Waals surface area contributed by atoms with E-state index in [2.05, 4.69) is 16.4 Å². The molecule has 2 N–H and O–H groups in total. The van der Waals surface area contributed by atoms with Crippen molar-refractivity contribution in [3.05, 3.63) is 35.9 Å². The first-order valence-electron chi connectivity index (χ1n) is 6.77. The molecule has 20 heavy (non-hydrogen) atoms. The van der Waals surface area contributed by atoms with Crippen LogP contribution in [-0.4, -0.2) is 22.2 Å². The first-order chi connectivity index (χ1) is 9.52. The molecule has 1 aromatic heterocycles. The average Bonchev–Trinajstić information content (AvgIpc) is 2.46. The molecule has 0 aliphatic heterocycles. The highest BCUT2D eigenvalue weighted by Crippen LogP contribution is 2.42. The van der Waals surface area contributed by atoms with Crippen molar-refractivity contribution >= 4 is 16.7 Å². The van der Waals surface area contributed by atoms with Gasteiger partial charge in [0.1, 0.15) is 11.9 Å². The second-order valence-electron chi connectivity index (χ2n) is 5.96. The number of aliphatic hydroxyl groups excluding tert-OH is 1. The Bertz CT molecular complexity index is 702. The molecule has 1 aliphatic rings. The lowest BCUT2D eigenvalue weighted by Gasteiger charge is -2.49. The van der Waals surface area contributed by atoms with E-state index >= 15 is 0 Å². The summed E-state index contributed by atoms with van der Waals surface area (Å²) in [7, 11) is 0. The summed E-state index contributed by atoms with van der Waals surface area (Å²) in [6.07, 6.45) is 0.387. The van der Waals surface area contributed by atoms with Crippen LogP contribution < -0.4 is 5.32 Å². The van der Waals surface area contributed by atoms with Gasteiger partial charge in [-0.2, -0.15) is 5.26 Å². The van der Waals surface area contributed by atoms with Gasteiger partial charge in [-0.15, -0.1) is 0 Å². The van der Waals surface area contributed by atoms with Crippen LogP contribution in [0, 0.1) is 16.7 Å². The van der Waals surface area contributed by atoms with Crippen LogP contribution in [0.25, 0.3) is 10.9 Å². The minimum atomic E-state index is -0.300. The van der Waals surface area contributed by atoms with Gasteiger partial charge in [-0.25, -0.2) is 4.98 Å². The van der Waals surface area contributed by atoms with Crippen molar-refractivity contribution in [3.8, 4) is 6.07 Å². The molecule has 0 radical (unpaired) electrons. The third-order valence-electron chi connectivity index (χ3n) is 4.37. The number of benzene rings is 1. The first kappa shape index (κ1) is 12.9. The van der Waals surface area contributed by atoms with E-state index in [1.54, 1.807) is 0 Å². The fourth-order valence-corrected chi connectivity index (χ4v) is 2.62. The highest BCUT2D eigenvalue weighted by molar-refractivity contribution is 5.82. The van der Waals surface area contributed by atoms with Crippen LogP contribution in [-0.2, 0) is 0 Å². The van der Waals surface area contributed by atoms with Crippen LogP contribution in [0.3, 0.4) is 0 Å². The molecule has 3 rings (SSSR count). The number of fused-ring (bicyclic) bond motifs is 1. The third-order valence-corrected chi connectivity index (χ3v) is 4.37. The molecular formula is C16H17N3O. The molecule has 2 aromatic rings. The van der Waals surface area contributed by atoms with Gasteiger partial charge in [-0.1, -0.05) is 32.0 Å². The number of hydrogen-bond acceptors (Lipinski definition) is 4. The SMILES string of the molecule is CC1(C)C(O)CC1Nc1nc2ccccc2cc1C#N. The third kappa shape index (κ3) is 1.91. The van der Waals surface area contributed by atoms with Gasteiger partial charge in [-0.05, 0) is 18.6 Å². The van der Waals surface area contributed by atoms with Gasteiger partial charge in [0.2, 0.25) is 0 Å². The largest absolute Gasteiger partial charge is 0.392 e. The Hall–Kier alpha value is -2.12. The summed E-state index contributed by atoms with van der Waals surface area (Å²) in [4.78, 5) is 4.54. The molecule has 1 fully saturated rings. The van der Waals surface area contributed by atoms with Crippen LogP contribution in [0.15, 0.2) is 30.3 Å². The van der Waals surface area contributed by atoms with Gasteiger partial charge < -0.3 is 10.4 Å². The summed E-state index contributed by atoms with van der Waals surface area (Å²) < 4.78 is 0. The molecule has 1 aliphatic carbocycles. The predicted molar refractivity (Wildman–Crippen MR) is 78.3 cm³/mol. The lowest BCUT2D eigenvalue weighted by molar-refractivity contribution is -0.0511. The number of nitrogens with zero attached hydrogens (tertiary/aromatic N) is 2. The van der Waals surface area contributed by atoms with Crippen LogP contribution >= 0.6 is 0 Å². The number of nitrogens with one attached hydrogen (secondary N) is 1. The minimum absolute atomic E-state index is 0.137. The Balaban J connectivity index is 1.97. The number of aromatic nitrogens is 1. The maximum Gasteiger partial charge on any atom is 0.144 e. The van der Waals surface area contributed by atoms with Crippen molar-refractivity contribution in [1.29, 1.82) is 5.26 Å². The molecule has 4 heteroatoms. The topological polar surface area (TPSA) is 68.9 Å². The molecule has 0 bridgehead atoms. The number of nitriles is 1. The van der Waals surface area contributed by atoms with E-state index in [0.29, 0.717) is 17.8 Å². The van der Waals surface area contributed by atoms with Gasteiger partial charge in [0.15, 0.2) is 0 Å². The average molecular weight is 267 g/mol. The number of pyridine rings is 1. The Morgan fingerprint density at radius 2 is 2.15 bits per heavy atom. The second-order valence-corrected chi connectivity index (χ2v) is 5.96. The van der Waals surface area contributed by atoms with E-state index in [1.807, 2.05) is 44.2 Å². The van der Waals surface area contributed by atoms with Crippen molar-refractivity contribution in [3.63, 3.8) is 0 Å². The molecule has 2 atom stereocenters. The fraction of sp³-hybridized carbons (Fsp3) is 0.375. The zero-order chi connectivity index (χ0) is 14.3. The maximum atomic E-state index is 9.80. The minimum Gasteiger partial charge on any atom is -0.392 e. The molecule has 1 heterocycles. The van der Waals surface area contributed by atoms with Crippen molar-refractivity contribution in [2.24, 2.45) is 5.41 Å². The van der Waals surface area contributed by atoms with E-state index in [0.717, 1.165) is 10.9 Å². The quantitative estimate of drug-likeness (QED) is 0.877. The summed E-state index contributed by atoms with van der Waals surface area (Å²) in [6, 6.07) is 11.9. The van der Waals surface area contributed by atoms with E-state index in [9.17, 15) is 10.4 Å². The Kier molecular flexibility index (Phi) is 2.88. The van der Waals surface area contributed by atoms with Crippen molar-refractivity contribution < 1.29 is 5.11 Å². The monoisotopic (exact) mass is 267 g/mol. The zero-order valence-electron chi connectivity index (χ0n) is 11.6. The number of para-hydroxylation sites is 1. The summed E-state index contributed by atoms with van der Waals surface area (Å²) in [6.45, 7) is 4.04. The van der Waals surface area contributed by atoms with Crippen molar-refractivity contribution in [2.45, 2.75) is 32.4 Å². The highest BCUT2D eigenvalue weighted by atomic mass is 16.3. The highest BCUT2D eigenvalue weighted by Gasteiger charge is 2.47. The van der Waals surface area contributed by atoms with Gasteiger partial charge >= 0.3 is 0 Å². The molecule has 0 spiro atoms. The predicted octanol–water partition coefficient (Wildman–Crippen LogP) is 2.68. The number of hydrogen-bond donors (Lipinski definition) is 2. The second kappa shape index (κ2) is 4.46. The van der Waals surface area contributed by atoms with E-state index in [4.69, 9.17) is 0 Å². The smallest absolute Gasteiger partial charge is 0.144 e. The normalized spacial score (nSPS) is 23.9. The van der Waals surface area contributed by atoms with Gasteiger partial charge in [0.05, 0.1) is 17.2 Å². The van der Waals surface area contributed by atoms with Crippen molar-refractivity contribution in [2.75, 3.05) is 5.32 Å². The number of aliphatic hydroxyl groups is 1. The molecule has 2 unspecified atom stereocenters. The van der Waals surface area contributed by atoms with Crippen LogP contribution in [0.4, 0.5) is 5.82 Å². The molecule has 1 aromatic carbocycles. The van der Waals surface area contributed by atoms with Gasteiger partial charge in [0, 0.05) is 16.8 Å². The summed E-state index contributed by atoms with van der Waals surface area (Å²) in [5, 5.41) is 23.4. The van der Waals surface area contributed by atoms with E-state index in [-0.39, 0.29) is 17.6 Å². The number of rotatable bonds is 2. The Morgan fingerprint density at radius 3 is 2.80 bits per heavy atom. The summed E-state index contributed by atoms with van der Waals surface area (Å²) in [5.74, 6) is 0.608. The summed E-state index contributed by atoms with van der Waals surface area (Å²) in [5.41, 5.74) is 1.22. The molecule has 4 nitrogen and oxygen atoms in total. The van der Waals surface area contributed by atoms with Crippen LogP contribution in [0.1, 0.15) is 25.8 Å². The van der Waals surface area contributed by atoms with Crippen LogP contribution in [0.2, 0.25) is 0 Å². The van der Waals surface area contributed by atoms with Crippen LogP contribution in [0.5, 0.6) is 0 Å². The van der Waals surface area contributed by atoms with Gasteiger partial charge in [0.25, 0.3) is 0 Å². The van der Waals surface area contributed by atoms with Crippen molar-refractivity contribution in [1.82, 2.24) is 4.98 Å². The Morgan fingerprint density at radius 1 is 1.40 bits per heavy atom. The van der Waals surface area contributed by atoms with Gasteiger partial charge in [-0.3, -0.25) is 0 Å². The molecule has 0 amide bonds. The molecular weight excluding hydrogens is 250 g/mol. The first-order valence-corrected chi connectivity index (χ1v) is 6.77. The Labute approximate surface area is 118 Å². The summed E-state index contributed by atoms with van der Waals surface area (Å²) >= 11 is 0.